The summed E-state index contributed by atoms with van der Waals surface area (Å²) >= 11 is 0. The van der Waals surface area contributed by atoms with Crippen LogP contribution >= 0.6 is 0 Å². The van der Waals surface area contributed by atoms with Gasteiger partial charge in [-0.1, -0.05) is 97.3 Å². The maximum atomic E-state index is 14.0. The van der Waals surface area contributed by atoms with E-state index in [0.717, 1.165) is 49.7 Å². The molecule has 0 heterocycles. The van der Waals surface area contributed by atoms with Crippen LogP contribution in [0.3, 0.4) is 0 Å². The van der Waals surface area contributed by atoms with Crippen LogP contribution in [0.5, 0.6) is 0 Å². The van der Waals surface area contributed by atoms with Crippen molar-refractivity contribution in [3.05, 3.63) is 48.1 Å². The minimum absolute atomic E-state index is 0.0794. The Morgan fingerprint density at radius 1 is 1.07 bits per heavy atom. The molecule has 6 atom stereocenters. The fourth-order valence-corrected chi connectivity index (χ4v) is 8.35. The van der Waals surface area contributed by atoms with Crippen molar-refractivity contribution in [2.45, 2.75) is 112 Å². The Labute approximate surface area is 244 Å². The summed E-state index contributed by atoms with van der Waals surface area (Å²) in [6, 6.07) is 0. The second-order valence-electron chi connectivity index (χ2n) is 13.3. The highest BCUT2D eigenvalue weighted by Gasteiger charge is 2.68. The Bertz CT molecular complexity index is 1020. The van der Waals surface area contributed by atoms with Crippen molar-refractivity contribution in [2.24, 2.45) is 52.6 Å². The highest BCUT2D eigenvalue weighted by Crippen LogP contribution is 2.72. The molecule has 3 saturated carbocycles. The van der Waals surface area contributed by atoms with Crippen molar-refractivity contribution < 1.29 is 14.4 Å². The van der Waals surface area contributed by atoms with E-state index in [1.807, 2.05) is 13.8 Å². The van der Waals surface area contributed by atoms with Gasteiger partial charge in [0, 0.05) is 30.8 Å². The zero-order chi connectivity index (χ0) is 29.6. The first-order valence-corrected chi connectivity index (χ1v) is 16.1. The molecule has 40 heavy (non-hydrogen) atoms. The molecule has 0 aromatic rings. The van der Waals surface area contributed by atoms with Crippen LogP contribution in [0.1, 0.15) is 112 Å². The van der Waals surface area contributed by atoms with Gasteiger partial charge in [-0.3, -0.25) is 14.4 Å². The van der Waals surface area contributed by atoms with Gasteiger partial charge in [-0.05, 0) is 78.6 Å². The summed E-state index contributed by atoms with van der Waals surface area (Å²) in [4.78, 5) is 39.2. The fourth-order valence-electron chi connectivity index (χ4n) is 8.35. The van der Waals surface area contributed by atoms with E-state index in [2.05, 4.69) is 52.2 Å². The van der Waals surface area contributed by atoms with Crippen LogP contribution in [0.2, 0.25) is 0 Å². The average Bonchev–Trinajstić information content (AvgIpc) is 3.36. The molecular formula is C36H55NO3. The third-order valence-electron chi connectivity index (χ3n) is 10.6. The zero-order valence-electron chi connectivity index (χ0n) is 26.0. The second kappa shape index (κ2) is 14.1. The van der Waals surface area contributed by atoms with Gasteiger partial charge in [0.25, 0.3) is 0 Å². The molecule has 4 nitrogen and oxygen atoms in total. The molecule has 0 aromatic carbocycles. The van der Waals surface area contributed by atoms with Crippen LogP contribution in [0, 0.1) is 46.8 Å². The maximum Gasteiger partial charge on any atom is 0.244 e. The molecule has 0 aliphatic heterocycles. The first kappa shape index (κ1) is 32.3. The van der Waals surface area contributed by atoms with E-state index in [4.69, 9.17) is 5.73 Å². The highest BCUT2D eigenvalue weighted by molar-refractivity contribution is 5.93. The van der Waals surface area contributed by atoms with Gasteiger partial charge < -0.3 is 5.73 Å². The molecule has 222 valence electrons. The summed E-state index contributed by atoms with van der Waals surface area (Å²) in [7, 11) is 0. The zero-order valence-corrected chi connectivity index (χ0v) is 26.0. The number of carbonyl (C=O) groups excluding carboxylic acids is 3. The molecule has 4 aliphatic carbocycles. The lowest BCUT2D eigenvalue weighted by Gasteiger charge is -2.37. The predicted octanol–water partition coefficient (Wildman–Crippen LogP) is 8.33. The molecule has 2 N–H and O–H groups in total. The fraction of sp³-hybridized carbons (Fsp3) is 0.694. The SMILES string of the molecule is C=C(C(N)=O)C(CCC)CC(=O)C1C(C(=C)C(CC(=O)CC2=CCC=C2)C2CCCCC2)CC2C1C2(C)C.CC. The Balaban J connectivity index is 0.00000216. The number of Topliss-reactive ketones (excluding diaryl/α,β-unsaturated/α-hetero) is 2. The first-order chi connectivity index (χ1) is 19.1. The van der Waals surface area contributed by atoms with Crippen LogP contribution in [0.25, 0.3) is 0 Å². The smallest absolute Gasteiger partial charge is 0.244 e. The number of amides is 1. The number of carbonyl (C=O) groups is 3. The molecular weight excluding hydrogens is 494 g/mol. The standard InChI is InChI=1S/C34H49NO3.C2H6/c1-6-12-25(21(2)33(35)38)18-30(37)31-28(20-29-32(31)34(29,4)5)22(3)27(24-15-8-7-9-16-24)19-26(36)17-23-13-10-11-14-23;1-2/h10,13-14,24-25,27-29,31-32H,2-3,6-9,11-12,15-20H2,1,4-5H3,(H2,35,38);1-2H3. The predicted molar refractivity (Wildman–Crippen MR) is 165 cm³/mol. The van der Waals surface area contributed by atoms with Gasteiger partial charge in [-0.25, -0.2) is 0 Å². The van der Waals surface area contributed by atoms with Gasteiger partial charge in [0.05, 0.1) is 0 Å². The molecule has 6 unspecified atom stereocenters. The van der Waals surface area contributed by atoms with Crippen LogP contribution in [0.4, 0.5) is 0 Å². The van der Waals surface area contributed by atoms with Crippen LogP contribution in [-0.2, 0) is 14.4 Å². The van der Waals surface area contributed by atoms with Crippen molar-refractivity contribution in [1.29, 1.82) is 0 Å². The van der Waals surface area contributed by atoms with E-state index in [9.17, 15) is 14.4 Å². The number of hydrogen-bond acceptors (Lipinski definition) is 3. The lowest BCUT2D eigenvalue weighted by atomic mass is 9.67. The van der Waals surface area contributed by atoms with Gasteiger partial charge in [0.15, 0.2) is 0 Å². The maximum absolute atomic E-state index is 14.0. The molecule has 0 aromatic heterocycles. The van der Waals surface area contributed by atoms with Gasteiger partial charge >= 0.3 is 0 Å². The van der Waals surface area contributed by atoms with Gasteiger partial charge in [-0.15, -0.1) is 0 Å². The number of fused-ring (bicyclic) bond motifs is 1. The first-order valence-electron chi connectivity index (χ1n) is 16.1. The Hall–Kier alpha value is -2.23. The largest absolute Gasteiger partial charge is 0.366 e. The van der Waals surface area contributed by atoms with Crippen LogP contribution < -0.4 is 5.73 Å². The van der Waals surface area contributed by atoms with Crippen molar-refractivity contribution in [2.75, 3.05) is 0 Å². The molecule has 4 aliphatic rings. The summed E-state index contributed by atoms with van der Waals surface area (Å²) in [6.45, 7) is 19.3. The summed E-state index contributed by atoms with van der Waals surface area (Å²) < 4.78 is 0. The lowest BCUT2D eigenvalue weighted by molar-refractivity contribution is -0.125. The second-order valence-corrected chi connectivity index (χ2v) is 13.3. The average molecular weight is 550 g/mol. The number of ketones is 2. The van der Waals surface area contributed by atoms with Crippen molar-refractivity contribution in [3.63, 3.8) is 0 Å². The Kier molecular flexibility index (Phi) is 11.4. The van der Waals surface area contributed by atoms with Crippen molar-refractivity contribution >= 4 is 17.5 Å². The van der Waals surface area contributed by atoms with Crippen LogP contribution in [-0.4, -0.2) is 17.5 Å². The molecule has 3 fully saturated rings. The third-order valence-corrected chi connectivity index (χ3v) is 10.6. The monoisotopic (exact) mass is 549 g/mol. The number of primary amides is 1. The quantitative estimate of drug-likeness (QED) is 0.175. The van der Waals surface area contributed by atoms with E-state index in [0.29, 0.717) is 48.4 Å². The van der Waals surface area contributed by atoms with Crippen LogP contribution in [0.15, 0.2) is 48.1 Å². The molecule has 0 spiro atoms. The highest BCUT2D eigenvalue weighted by atomic mass is 16.1. The summed E-state index contributed by atoms with van der Waals surface area (Å²) in [6.07, 6.45) is 17.3. The normalized spacial score (nSPS) is 28.0. The number of allylic oxidation sites excluding steroid dienone is 5. The van der Waals surface area contributed by atoms with E-state index in [1.165, 1.54) is 19.3 Å². The van der Waals surface area contributed by atoms with Crippen molar-refractivity contribution in [1.82, 2.24) is 0 Å². The molecule has 0 bridgehead atoms. The number of rotatable bonds is 14. The Morgan fingerprint density at radius 2 is 1.75 bits per heavy atom. The van der Waals surface area contributed by atoms with E-state index in [1.54, 1.807) is 0 Å². The molecule has 4 rings (SSSR count). The summed E-state index contributed by atoms with van der Waals surface area (Å²) in [5, 5.41) is 0. The Morgan fingerprint density at radius 3 is 2.33 bits per heavy atom. The van der Waals surface area contributed by atoms with Gasteiger partial charge in [0.1, 0.15) is 11.6 Å². The molecule has 0 radical (unpaired) electrons. The third kappa shape index (κ3) is 7.15. The molecule has 0 saturated heterocycles. The topological polar surface area (TPSA) is 77.2 Å². The van der Waals surface area contributed by atoms with E-state index >= 15 is 0 Å². The minimum atomic E-state index is -0.503. The van der Waals surface area contributed by atoms with Gasteiger partial charge in [0.2, 0.25) is 5.91 Å². The number of hydrogen-bond donors (Lipinski definition) is 1. The van der Waals surface area contributed by atoms with Crippen molar-refractivity contribution in [3.8, 4) is 0 Å². The molecule has 1 amide bonds. The summed E-state index contributed by atoms with van der Waals surface area (Å²) in [5.74, 6) is 1.41. The summed E-state index contributed by atoms with van der Waals surface area (Å²) in [5.41, 5.74) is 8.40. The lowest BCUT2D eigenvalue weighted by Crippen LogP contribution is -2.33. The molecule has 4 heteroatoms. The minimum Gasteiger partial charge on any atom is -0.366 e. The van der Waals surface area contributed by atoms with E-state index < -0.39 is 5.91 Å². The van der Waals surface area contributed by atoms with E-state index in [-0.39, 0.29) is 34.9 Å². The number of nitrogens with two attached hydrogens (primary N) is 1. The van der Waals surface area contributed by atoms with Gasteiger partial charge in [-0.2, -0.15) is 0 Å².